The van der Waals surface area contributed by atoms with Gasteiger partial charge in [0.15, 0.2) is 0 Å². The minimum atomic E-state index is -3.53. The average Bonchev–Trinajstić information content (AvgIpc) is 3.44. The molecule has 38 heavy (non-hydrogen) atoms. The molecule has 6 rings (SSSR count). The van der Waals surface area contributed by atoms with Crippen LogP contribution in [0.25, 0.3) is 33.3 Å². The standard InChI is InChI=1S/C28H29N5O4S/c1-32-17-21(20-11-14-29-28(34)26(20)32)27-30-24-22(31-38(2,35)36)9-6-10-23(24)33(27)25(18-7-4-3-5-8-18)19-12-15-37-16-13-19/h3-11,14,17,19,25,31H,12-13,15-16H2,1-2H3,(H,29,34)/t25-/m1/s1. The van der Waals surface area contributed by atoms with Gasteiger partial charge in [-0.3, -0.25) is 4.72 Å². The molecule has 10 heteroatoms. The lowest BCUT2D eigenvalue weighted by molar-refractivity contribution is 0.0549. The number of benzene rings is 2. The molecular formula is C28H29N5O4S. The molecule has 4 heterocycles. The van der Waals surface area contributed by atoms with E-state index < -0.39 is 10.0 Å². The number of pyridine rings is 1. The second kappa shape index (κ2) is 9.45. The molecule has 5 aromatic rings. The van der Waals surface area contributed by atoms with Crippen LogP contribution in [0, 0.1) is 5.92 Å². The molecule has 9 nitrogen and oxygen atoms in total. The van der Waals surface area contributed by atoms with Crippen molar-refractivity contribution in [2.45, 2.75) is 18.9 Å². The summed E-state index contributed by atoms with van der Waals surface area (Å²) >= 11 is 0. The zero-order valence-corrected chi connectivity index (χ0v) is 22.0. The second-order valence-electron chi connectivity index (χ2n) is 9.84. The first-order valence-electron chi connectivity index (χ1n) is 12.6. The Morgan fingerprint density at radius 3 is 2.58 bits per heavy atom. The summed E-state index contributed by atoms with van der Waals surface area (Å²) in [6.45, 7) is 1.37. The monoisotopic (exact) mass is 531 g/mol. The molecule has 196 valence electrons. The van der Waals surface area contributed by atoms with E-state index in [-0.39, 0.29) is 17.8 Å². The molecule has 0 aliphatic carbocycles. The minimum Gasteiger partial charge on any atom is -0.492 e. The van der Waals surface area contributed by atoms with E-state index in [1.807, 2.05) is 54.2 Å². The smallest absolute Gasteiger partial charge is 0.236 e. The number of rotatable bonds is 6. The quantitative estimate of drug-likeness (QED) is 0.329. The van der Waals surface area contributed by atoms with E-state index in [0.29, 0.717) is 35.8 Å². The number of anilines is 1. The molecule has 0 spiro atoms. The van der Waals surface area contributed by atoms with Crippen molar-refractivity contribution in [1.29, 1.82) is 0 Å². The Kier molecular flexibility index (Phi) is 6.08. The van der Waals surface area contributed by atoms with Gasteiger partial charge in [0, 0.05) is 43.6 Å². The van der Waals surface area contributed by atoms with Gasteiger partial charge in [-0.2, -0.15) is 0 Å². The number of hydrogen-bond acceptors (Lipinski definition) is 6. The van der Waals surface area contributed by atoms with Crippen LogP contribution in [0.3, 0.4) is 0 Å². The maximum absolute atomic E-state index is 12.2. The zero-order valence-electron chi connectivity index (χ0n) is 21.2. The predicted molar refractivity (Wildman–Crippen MR) is 148 cm³/mol. The number of para-hydroxylation sites is 1. The molecule has 0 radical (unpaired) electrons. The number of hydrogen-bond donors (Lipinski definition) is 2. The van der Waals surface area contributed by atoms with Gasteiger partial charge >= 0.3 is 0 Å². The van der Waals surface area contributed by atoms with E-state index in [1.165, 1.54) is 0 Å². The molecule has 0 bridgehead atoms. The number of aryl methyl sites for hydroxylation is 1. The van der Waals surface area contributed by atoms with Crippen LogP contribution >= 0.6 is 0 Å². The van der Waals surface area contributed by atoms with Crippen LogP contribution < -0.4 is 4.72 Å². The van der Waals surface area contributed by atoms with Crippen molar-refractivity contribution < 1.29 is 18.3 Å². The summed E-state index contributed by atoms with van der Waals surface area (Å²) in [5, 5.41) is 11.3. The normalized spacial score (nSPS) is 15.7. The zero-order chi connectivity index (χ0) is 26.4. The molecule has 1 aliphatic rings. The Hall–Kier alpha value is -3.89. The van der Waals surface area contributed by atoms with Crippen LogP contribution in [-0.2, 0) is 21.8 Å². The Labute approximate surface area is 220 Å². The van der Waals surface area contributed by atoms with Gasteiger partial charge in [0.1, 0.15) is 16.9 Å². The fraction of sp³-hybridized carbons (Fsp3) is 0.286. The number of nitrogens with zero attached hydrogens (tertiary/aromatic N) is 4. The fourth-order valence-electron chi connectivity index (χ4n) is 5.70. The Balaban J connectivity index is 1.69. The van der Waals surface area contributed by atoms with Gasteiger partial charge in [-0.15, -0.1) is 0 Å². The first kappa shape index (κ1) is 24.4. The molecule has 0 saturated carbocycles. The van der Waals surface area contributed by atoms with Gasteiger partial charge in [-0.25, -0.2) is 18.4 Å². The van der Waals surface area contributed by atoms with Crippen molar-refractivity contribution in [2.24, 2.45) is 13.0 Å². The summed E-state index contributed by atoms with van der Waals surface area (Å²) in [7, 11) is -1.66. The van der Waals surface area contributed by atoms with Crippen LogP contribution in [0.1, 0.15) is 24.4 Å². The van der Waals surface area contributed by atoms with Crippen molar-refractivity contribution in [1.82, 2.24) is 19.1 Å². The van der Waals surface area contributed by atoms with Gasteiger partial charge in [0.25, 0.3) is 0 Å². The molecule has 0 unspecified atom stereocenters. The largest absolute Gasteiger partial charge is 0.492 e. The van der Waals surface area contributed by atoms with E-state index in [0.717, 1.165) is 41.1 Å². The van der Waals surface area contributed by atoms with Gasteiger partial charge in [-0.05, 0) is 42.5 Å². The number of imidazole rings is 1. The lowest BCUT2D eigenvalue weighted by atomic mass is 9.86. The predicted octanol–water partition coefficient (Wildman–Crippen LogP) is 4.68. The summed E-state index contributed by atoms with van der Waals surface area (Å²) < 4.78 is 36.9. The van der Waals surface area contributed by atoms with Crippen LogP contribution in [0.2, 0.25) is 0 Å². The molecule has 1 fully saturated rings. The SMILES string of the molecule is Cn1cc(-c2nc3c(NS(C)(=O)=O)cccc3n2[C@H](c2ccccc2)C2CCOCC2)c2ccnc(O)c21. The van der Waals surface area contributed by atoms with Crippen molar-refractivity contribution >= 4 is 37.6 Å². The summed E-state index contributed by atoms with van der Waals surface area (Å²) in [6.07, 6.45) is 6.44. The van der Waals surface area contributed by atoms with Crippen LogP contribution in [0.15, 0.2) is 67.0 Å². The number of fused-ring (bicyclic) bond motifs is 2. The summed E-state index contributed by atoms with van der Waals surface area (Å²) in [5.41, 5.74) is 4.40. The highest BCUT2D eigenvalue weighted by atomic mass is 32.2. The van der Waals surface area contributed by atoms with Crippen molar-refractivity contribution in [3.05, 3.63) is 72.6 Å². The first-order chi connectivity index (χ1) is 18.3. The first-order valence-corrected chi connectivity index (χ1v) is 14.5. The lowest BCUT2D eigenvalue weighted by Gasteiger charge is -2.33. The number of ether oxygens (including phenoxy) is 1. The molecular weight excluding hydrogens is 502 g/mol. The third-order valence-corrected chi connectivity index (χ3v) is 7.85. The van der Waals surface area contributed by atoms with E-state index in [9.17, 15) is 13.5 Å². The van der Waals surface area contributed by atoms with Gasteiger partial charge in [0.05, 0.1) is 23.5 Å². The molecule has 2 aromatic carbocycles. The summed E-state index contributed by atoms with van der Waals surface area (Å²) in [4.78, 5) is 9.16. The molecule has 3 aromatic heterocycles. The molecule has 0 amide bonds. The highest BCUT2D eigenvalue weighted by molar-refractivity contribution is 7.92. The number of sulfonamides is 1. The van der Waals surface area contributed by atoms with Crippen molar-refractivity contribution in [3.63, 3.8) is 0 Å². The molecule has 2 N–H and O–H groups in total. The third-order valence-electron chi connectivity index (χ3n) is 7.26. The topological polar surface area (TPSA) is 111 Å². The van der Waals surface area contributed by atoms with Crippen molar-refractivity contribution in [3.8, 4) is 17.3 Å². The van der Waals surface area contributed by atoms with Crippen molar-refractivity contribution in [2.75, 3.05) is 24.2 Å². The van der Waals surface area contributed by atoms with E-state index in [1.54, 1.807) is 12.3 Å². The second-order valence-corrected chi connectivity index (χ2v) is 11.6. The Bertz CT molecular complexity index is 1740. The van der Waals surface area contributed by atoms with Gasteiger partial charge in [0.2, 0.25) is 15.9 Å². The average molecular weight is 532 g/mol. The number of aromatic hydroxyl groups is 1. The van der Waals surface area contributed by atoms with E-state index >= 15 is 0 Å². The van der Waals surface area contributed by atoms with Crippen LogP contribution in [0.5, 0.6) is 5.88 Å². The lowest BCUT2D eigenvalue weighted by Crippen LogP contribution is -2.27. The number of aromatic nitrogens is 4. The summed E-state index contributed by atoms with van der Waals surface area (Å²) in [6, 6.07) is 17.7. The van der Waals surface area contributed by atoms with E-state index in [2.05, 4.69) is 26.4 Å². The Morgan fingerprint density at radius 2 is 1.84 bits per heavy atom. The Morgan fingerprint density at radius 1 is 1.08 bits per heavy atom. The van der Waals surface area contributed by atoms with E-state index in [4.69, 9.17) is 9.72 Å². The fourth-order valence-corrected chi connectivity index (χ4v) is 6.26. The van der Waals surface area contributed by atoms with Crippen LogP contribution in [0.4, 0.5) is 5.69 Å². The molecule has 1 atom stereocenters. The van der Waals surface area contributed by atoms with Crippen LogP contribution in [-0.4, -0.2) is 52.1 Å². The highest BCUT2D eigenvalue weighted by Gasteiger charge is 2.32. The maximum atomic E-state index is 12.2. The molecule has 1 saturated heterocycles. The molecule has 1 aliphatic heterocycles. The number of nitrogens with one attached hydrogen (secondary N) is 1. The third kappa shape index (κ3) is 4.29. The minimum absolute atomic E-state index is 0.0534. The highest BCUT2D eigenvalue weighted by Crippen LogP contribution is 2.43. The van der Waals surface area contributed by atoms with Gasteiger partial charge < -0.3 is 19.0 Å². The summed E-state index contributed by atoms with van der Waals surface area (Å²) in [5.74, 6) is 0.917. The maximum Gasteiger partial charge on any atom is 0.236 e. The van der Waals surface area contributed by atoms with Gasteiger partial charge in [-0.1, -0.05) is 36.4 Å².